The number of carbonyl (C=O) groups is 1. The molecular formula is C13H15F3N2O2. The SMILES string of the molecule is NC(=O)CN1C[C@@H](O)C[C@H]1c1cccc(C(F)(F)F)c1. The van der Waals surface area contributed by atoms with Crippen molar-refractivity contribution in [2.45, 2.75) is 24.7 Å². The summed E-state index contributed by atoms with van der Waals surface area (Å²) in [5, 5.41) is 9.66. The number of likely N-dealkylation sites (tertiary alicyclic amines) is 1. The van der Waals surface area contributed by atoms with Crippen LogP contribution in [-0.2, 0) is 11.0 Å². The van der Waals surface area contributed by atoms with Gasteiger partial charge in [-0.25, -0.2) is 0 Å². The molecule has 4 nitrogen and oxygen atoms in total. The molecule has 0 aliphatic carbocycles. The van der Waals surface area contributed by atoms with Crippen LogP contribution in [0.4, 0.5) is 13.2 Å². The van der Waals surface area contributed by atoms with Gasteiger partial charge in [0.15, 0.2) is 0 Å². The average molecular weight is 288 g/mol. The van der Waals surface area contributed by atoms with Crippen molar-refractivity contribution in [2.24, 2.45) is 5.73 Å². The van der Waals surface area contributed by atoms with Gasteiger partial charge in [-0.1, -0.05) is 12.1 Å². The monoisotopic (exact) mass is 288 g/mol. The van der Waals surface area contributed by atoms with Gasteiger partial charge in [0.1, 0.15) is 0 Å². The van der Waals surface area contributed by atoms with E-state index in [1.165, 1.54) is 6.07 Å². The van der Waals surface area contributed by atoms with E-state index in [2.05, 4.69) is 0 Å². The van der Waals surface area contributed by atoms with Crippen LogP contribution in [-0.4, -0.2) is 35.1 Å². The zero-order valence-corrected chi connectivity index (χ0v) is 10.6. The molecule has 2 atom stereocenters. The molecule has 2 rings (SSSR count). The molecule has 1 heterocycles. The number of nitrogens with zero attached hydrogens (tertiary/aromatic N) is 1. The fourth-order valence-electron chi connectivity index (χ4n) is 2.52. The third-order valence-corrected chi connectivity index (χ3v) is 3.34. The van der Waals surface area contributed by atoms with Crippen molar-refractivity contribution in [3.63, 3.8) is 0 Å². The molecule has 1 amide bonds. The van der Waals surface area contributed by atoms with E-state index in [9.17, 15) is 23.1 Å². The number of β-amino-alcohol motifs (C(OH)–C–C–N with tert-alkyl or cyclic N) is 1. The number of aliphatic hydroxyl groups is 1. The largest absolute Gasteiger partial charge is 0.416 e. The first-order valence-electron chi connectivity index (χ1n) is 6.15. The highest BCUT2D eigenvalue weighted by atomic mass is 19.4. The lowest BCUT2D eigenvalue weighted by atomic mass is 10.0. The smallest absolute Gasteiger partial charge is 0.392 e. The standard InChI is InChI=1S/C13H15F3N2O2/c14-13(15,16)9-3-1-2-8(4-9)11-5-10(19)6-18(11)7-12(17)20/h1-4,10-11,19H,5-7H2,(H2,17,20)/t10-,11-/m0/s1. The van der Waals surface area contributed by atoms with Crippen LogP contribution in [0.2, 0.25) is 0 Å². The second kappa shape index (κ2) is 5.41. The third kappa shape index (κ3) is 3.29. The van der Waals surface area contributed by atoms with Gasteiger partial charge in [0.25, 0.3) is 0 Å². The van der Waals surface area contributed by atoms with Crippen molar-refractivity contribution in [3.8, 4) is 0 Å². The Morgan fingerprint density at radius 1 is 1.45 bits per heavy atom. The number of hydrogen-bond donors (Lipinski definition) is 2. The fraction of sp³-hybridized carbons (Fsp3) is 0.462. The normalized spacial score (nSPS) is 24.0. The Hall–Kier alpha value is -1.60. The highest BCUT2D eigenvalue weighted by Crippen LogP contribution is 2.35. The summed E-state index contributed by atoms with van der Waals surface area (Å²) in [5.74, 6) is -0.573. The molecule has 110 valence electrons. The maximum Gasteiger partial charge on any atom is 0.416 e. The van der Waals surface area contributed by atoms with E-state index in [-0.39, 0.29) is 19.5 Å². The van der Waals surface area contributed by atoms with Gasteiger partial charge in [-0.3, -0.25) is 9.69 Å². The molecule has 0 aromatic heterocycles. The van der Waals surface area contributed by atoms with E-state index in [1.807, 2.05) is 0 Å². The Kier molecular flexibility index (Phi) is 4.01. The van der Waals surface area contributed by atoms with Gasteiger partial charge in [-0.05, 0) is 24.1 Å². The molecule has 7 heteroatoms. The van der Waals surface area contributed by atoms with Gasteiger partial charge in [0.2, 0.25) is 5.91 Å². The van der Waals surface area contributed by atoms with Gasteiger partial charge >= 0.3 is 6.18 Å². The lowest BCUT2D eigenvalue weighted by Crippen LogP contribution is -2.34. The lowest BCUT2D eigenvalue weighted by molar-refractivity contribution is -0.137. The van der Waals surface area contributed by atoms with Crippen LogP contribution < -0.4 is 5.73 Å². The Balaban J connectivity index is 2.27. The van der Waals surface area contributed by atoms with Crippen LogP contribution in [0.1, 0.15) is 23.6 Å². The molecule has 3 N–H and O–H groups in total. The molecule has 1 saturated heterocycles. The van der Waals surface area contributed by atoms with E-state index in [0.29, 0.717) is 5.56 Å². The number of alkyl halides is 3. The van der Waals surface area contributed by atoms with E-state index < -0.39 is 29.8 Å². The van der Waals surface area contributed by atoms with Gasteiger partial charge < -0.3 is 10.8 Å². The zero-order chi connectivity index (χ0) is 14.9. The third-order valence-electron chi connectivity index (χ3n) is 3.34. The van der Waals surface area contributed by atoms with Crippen LogP contribution in [0.25, 0.3) is 0 Å². The highest BCUT2D eigenvalue weighted by molar-refractivity contribution is 5.76. The van der Waals surface area contributed by atoms with Crippen LogP contribution in [0.5, 0.6) is 0 Å². The Morgan fingerprint density at radius 2 is 2.15 bits per heavy atom. The number of amides is 1. The molecule has 20 heavy (non-hydrogen) atoms. The van der Waals surface area contributed by atoms with Gasteiger partial charge in [0.05, 0.1) is 18.2 Å². The topological polar surface area (TPSA) is 66.6 Å². The molecule has 0 unspecified atom stereocenters. The zero-order valence-electron chi connectivity index (χ0n) is 10.6. The number of nitrogens with two attached hydrogens (primary N) is 1. The van der Waals surface area contributed by atoms with Gasteiger partial charge in [0, 0.05) is 12.6 Å². The van der Waals surface area contributed by atoms with Crippen LogP contribution in [0.3, 0.4) is 0 Å². The number of aliphatic hydroxyl groups excluding tert-OH is 1. The minimum Gasteiger partial charge on any atom is -0.392 e. The number of rotatable bonds is 3. The summed E-state index contributed by atoms with van der Waals surface area (Å²) in [6.45, 7) is 0.141. The minimum atomic E-state index is -4.41. The second-order valence-corrected chi connectivity index (χ2v) is 4.92. The molecule has 0 bridgehead atoms. The van der Waals surface area contributed by atoms with Crippen LogP contribution in [0.15, 0.2) is 24.3 Å². The maximum absolute atomic E-state index is 12.7. The first-order valence-corrected chi connectivity index (χ1v) is 6.15. The Labute approximate surface area is 114 Å². The Bertz CT molecular complexity index is 505. The number of hydrogen-bond acceptors (Lipinski definition) is 3. The van der Waals surface area contributed by atoms with Crippen molar-refractivity contribution in [2.75, 3.05) is 13.1 Å². The van der Waals surface area contributed by atoms with E-state index >= 15 is 0 Å². The fourth-order valence-corrected chi connectivity index (χ4v) is 2.52. The summed E-state index contributed by atoms with van der Waals surface area (Å²) in [6, 6.07) is 4.50. The van der Waals surface area contributed by atoms with Crippen molar-refractivity contribution >= 4 is 5.91 Å². The maximum atomic E-state index is 12.7. The Morgan fingerprint density at radius 3 is 2.75 bits per heavy atom. The number of primary amides is 1. The van der Waals surface area contributed by atoms with Gasteiger partial charge in [-0.2, -0.15) is 13.2 Å². The summed E-state index contributed by atoms with van der Waals surface area (Å²) in [5.41, 5.74) is 4.80. The van der Waals surface area contributed by atoms with Gasteiger partial charge in [-0.15, -0.1) is 0 Å². The van der Waals surface area contributed by atoms with E-state index in [4.69, 9.17) is 5.73 Å². The second-order valence-electron chi connectivity index (χ2n) is 4.92. The van der Waals surface area contributed by atoms with E-state index in [1.54, 1.807) is 11.0 Å². The summed E-state index contributed by atoms with van der Waals surface area (Å²) in [7, 11) is 0. The predicted octanol–water partition coefficient (Wildman–Crippen LogP) is 1.30. The summed E-state index contributed by atoms with van der Waals surface area (Å²) in [4.78, 5) is 12.6. The van der Waals surface area contributed by atoms with Crippen molar-refractivity contribution in [1.29, 1.82) is 0 Å². The highest BCUT2D eigenvalue weighted by Gasteiger charge is 2.35. The van der Waals surface area contributed by atoms with Crippen molar-refractivity contribution in [3.05, 3.63) is 35.4 Å². The van der Waals surface area contributed by atoms with Crippen molar-refractivity contribution < 1.29 is 23.1 Å². The summed E-state index contributed by atoms with van der Waals surface area (Å²) < 4.78 is 38.1. The van der Waals surface area contributed by atoms with Crippen LogP contribution >= 0.6 is 0 Å². The predicted molar refractivity (Wildman–Crippen MR) is 65.6 cm³/mol. The molecule has 1 aromatic rings. The molecule has 0 saturated carbocycles. The molecule has 0 radical (unpaired) electrons. The summed E-state index contributed by atoms with van der Waals surface area (Å²) in [6.07, 6.45) is -4.80. The molecule has 1 aromatic carbocycles. The molecule has 1 aliphatic heterocycles. The number of halogens is 3. The molecular weight excluding hydrogens is 273 g/mol. The first-order chi connectivity index (χ1) is 9.27. The quantitative estimate of drug-likeness (QED) is 0.881. The van der Waals surface area contributed by atoms with Crippen LogP contribution in [0, 0.1) is 0 Å². The van der Waals surface area contributed by atoms with E-state index in [0.717, 1.165) is 12.1 Å². The summed E-state index contributed by atoms with van der Waals surface area (Å²) >= 11 is 0. The lowest BCUT2D eigenvalue weighted by Gasteiger charge is -2.23. The minimum absolute atomic E-state index is 0.0853. The van der Waals surface area contributed by atoms with Crippen molar-refractivity contribution in [1.82, 2.24) is 4.90 Å². The molecule has 0 spiro atoms. The number of carbonyl (C=O) groups excluding carboxylic acids is 1. The molecule has 1 fully saturated rings. The number of benzene rings is 1. The average Bonchev–Trinajstić information content (AvgIpc) is 2.68. The first kappa shape index (κ1) is 14.8. The molecule has 1 aliphatic rings.